The maximum atomic E-state index is 11.8. The molecular weight excluding hydrogens is 278 g/mol. The molecule has 106 valence electrons. The number of rotatable bonds is 6. The largest absolute Gasteiger partial charge is 0.468 e. The standard InChI is InChI=1S/C9H13N3O6S/c1-3-18-9(14)6-4-10-12-8(6)19(15,16)11-5-7(13)17-2/h4,11H,3,5H2,1-2H3,(H,10,12). The van der Waals surface area contributed by atoms with Gasteiger partial charge in [0.1, 0.15) is 12.1 Å². The van der Waals surface area contributed by atoms with Crippen molar-refractivity contribution in [2.75, 3.05) is 20.3 Å². The van der Waals surface area contributed by atoms with E-state index in [0.717, 1.165) is 13.3 Å². The predicted molar refractivity (Wildman–Crippen MR) is 61.7 cm³/mol. The summed E-state index contributed by atoms with van der Waals surface area (Å²) in [5.74, 6) is -1.59. The minimum atomic E-state index is -4.09. The highest BCUT2D eigenvalue weighted by molar-refractivity contribution is 7.89. The summed E-state index contributed by atoms with van der Waals surface area (Å²) in [6, 6.07) is 0. The van der Waals surface area contributed by atoms with E-state index in [-0.39, 0.29) is 12.2 Å². The molecule has 0 saturated carbocycles. The van der Waals surface area contributed by atoms with Crippen LogP contribution in [0.2, 0.25) is 0 Å². The summed E-state index contributed by atoms with van der Waals surface area (Å²) in [5, 5.41) is 5.19. The first-order valence-corrected chi connectivity index (χ1v) is 6.67. The summed E-state index contributed by atoms with van der Waals surface area (Å²) in [6.07, 6.45) is 1.03. The highest BCUT2D eigenvalue weighted by Crippen LogP contribution is 2.12. The Balaban J connectivity index is 2.93. The van der Waals surface area contributed by atoms with Gasteiger partial charge in [-0.2, -0.15) is 9.82 Å². The first-order chi connectivity index (χ1) is 8.92. The maximum Gasteiger partial charge on any atom is 0.342 e. The quantitative estimate of drug-likeness (QED) is 0.646. The molecule has 0 spiro atoms. The summed E-state index contributed by atoms with van der Waals surface area (Å²) in [4.78, 5) is 22.4. The van der Waals surface area contributed by atoms with Crippen molar-refractivity contribution in [1.29, 1.82) is 0 Å². The van der Waals surface area contributed by atoms with Crippen LogP contribution in [0.1, 0.15) is 17.3 Å². The number of H-pyrrole nitrogens is 1. The van der Waals surface area contributed by atoms with E-state index >= 15 is 0 Å². The Morgan fingerprint density at radius 2 is 2.16 bits per heavy atom. The second-order valence-electron chi connectivity index (χ2n) is 3.23. The topological polar surface area (TPSA) is 127 Å². The lowest BCUT2D eigenvalue weighted by molar-refractivity contribution is -0.139. The zero-order chi connectivity index (χ0) is 14.5. The van der Waals surface area contributed by atoms with Crippen LogP contribution < -0.4 is 4.72 Å². The van der Waals surface area contributed by atoms with E-state index in [4.69, 9.17) is 0 Å². The van der Waals surface area contributed by atoms with Crippen LogP contribution in [-0.4, -0.2) is 50.8 Å². The Labute approximate surface area is 109 Å². The molecule has 1 aromatic rings. The Bertz CT molecular complexity index is 564. The fourth-order valence-electron chi connectivity index (χ4n) is 1.13. The van der Waals surface area contributed by atoms with Crippen molar-refractivity contribution < 1.29 is 27.5 Å². The molecule has 0 amide bonds. The lowest BCUT2D eigenvalue weighted by Crippen LogP contribution is -2.31. The Kier molecular flexibility index (Phi) is 5.01. The number of hydrogen-bond donors (Lipinski definition) is 2. The number of nitrogens with one attached hydrogen (secondary N) is 2. The molecule has 0 bridgehead atoms. The molecular formula is C9H13N3O6S. The van der Waals surface area contributed by atoms with E-state index < -0.39 is 33.5 Å². The number of esters is 2. The van der Waals surface area contributed by atoms with Crippen LogP contribution in [0.25, 0.3) is 0 Å². The lowest BCUT2D eigenvalue weighted by atomic mass is 10.4. The molecule has 0 atom stereocenters. The van der Waals surface area contributed by atoms with Crippen LogP contribution >= 0.6 is 0 Å². The van der Waals surface area contributed by atoms with Crippen LogP contribution in [0.4, 0.5) is 0 Å². The van der Waals surface area contributed by atoms with Crippen molar-refractivity contribution in [3.63, 3.8) is 0 Å². The van der Waals surface area contributed by atoms with E-state index in [1.165, 1.54) is 0 Å². The number of methoxy groups -OCH3 is 1. The normalized spacial score (nSPS) is 11.1. The van der Waals surface area contributed by atoms with E-state index in [9.17, 15) is 18.0 Å². The zero-order valence-electron chi connectivity index (χ0n) is 10.3. The molecule has 0 aliphatic carbocycles. The van der Waals surface area contributed by atoms with Gasteiger partial charge in [-0.1, -0.05) is 0 Å². The fourth-order valence-corrected chi connectivity index (χ4v) is 2.18. The molecule has 1 aromatic heterocycles. The molecule has 0 radical (unpaired) electrons. The zero-order valence-corrected chi connectivity index (χ0v) is 11.1. The van der Waals surface area contributed by atoms with Crippen molar-refractivity contribution in [3.8, 4) is 0 Å². The second-order valence-corrected chi connectivity index (χ2v) is 4.94. The molecule has 0 fully saturated rings. The van der Waals surface area contributed by atoms with Gasteiger partial charge < -0.3 is 9.47 Å². The molecule has 0 saturated heterocycles. The van der Waals surface area contributed by atoms with Gasteiger partial charge in [0.25, 0.3) is 10.0 Å². The number of aromatic nitrogens is 2. The van der Waals surface area contributed by atoms with Gasteiger partial charge >= 0.3 is 11.9 Å². The van der Waals surface area contributed by atoms with Gasteiger partial charge in [-0.25, -0.2) is 13.2 Å². The minimum absolute atomic E-state index is 0.0963. The number of nitrogens with zero attached hydrogens (tertiary/aromatic N) is 1. The molecule has 1 heterocycles. The number of carbonyl (C=O) groups excluding carboxylic acids is 2. The predicted octanol–water partition coefficient (Wildman–Crippen LogP) is -0.962. The average molecular weight is 291 g/mol. The van der Waals surface area contributed by atoms with Crippen LogP contribution in [0.15, 0.2) is 11.2 Å². The van der Waals surface area contributed by atoms with E-state index in [2.05, 4.69) is 19.7 Å². The Morgan fingerprint density at radius 1 is 1.47 bits per heavy atom. The van der Waals surface area contributed by atoms with Crippen LogP contribution in [0, 0.1) is 0 Å². The van der Waals surface area contributed by atoms with E-state index in [1.54, 1.807) is 6.92 Å². The third-order valence-corrected chi connectivity index (χ3v) is 3.38. The van der Waals surface area contributed by atoms with E-state index in [0.29, 0.717) is 0 Å². The van der Waals surface area contributed by atoms with Crippen LogP contribution in [0.5, 0.6) is 0 Å². The molecule has 0 aliphatic rings. The molecule has 9 nitrogen and oxygen atoms in total. The van der Waals surface area contributed by atoms with Gasteiger partial charge in [0.2, 0.25) is 0 Å². The first-order valence-electron chi connectivity index (χ1n) is 5.19. The maximum absolute atomic E-state index is 11.8. The molecule has 10 heteroatoms. The summed E-state index contributed by atoms with van der Waals surface area (Å²) in [7, 11) is -2.96. The van der Waals surface area contributed by atoms with Gasteiger partial charge in [0.05, 0.1) is 19.9 Å². The minimum Gasteiger partial charge on any atom is -0.468 e. The lowest BCUT2D eigenvalue weighted by Gasteiger charge is -2.05. The molecule has 1 rings (SSSR count). The third-order valence-electron chi connectivity index (χ3n) is 2.00. The molecule has 0 aliphatic heterocycles. The number of hydrogen-bond acceptors (Lipinski definition) is 7. The molecule has 0 unspecified atom stereocenters. The molecule has 19 heavy (non-hydrogen) atoms. The van der Waals surface area contributed by atoms with Gasteiger partial charge in [0, 0.05) is 0 Å². The van der Waals surface area contributed by atoms with Gasteiger partial charge in [0.15, 0.2) is 5.03 Å². The smallest absolute Gasteiger partial charge is 0.342 e. The van der Waals surface area contributed by atoms with Crippen molar-refractivity contribution in [3.05, 3.63) is 11.8 Å². The highest BCUT2D eigenvalue weighted by Gasteiger charge is 2.26. The van der Waals surface area contributed by atoms with E-state index in [1.807, 2.05) is 4.72 Å². The van der Waals surface area contributed by atoms with Gasteiger partial charge in [-0.05, 0) is 6.92 Å². The number of carbonyl (C=O) groups is 2. The highest BCUT2D eigenvalue weighted by atomic mass is 32.2. The molecule has 0 aromatic carbocycles. The van der Waals surface area contributed by atoms with Crippen LogP contribution in [0.3, 0.4) is 0 Å². The summed E-state index contributed by atoms with van der Waals surface area (Å²) >= 11 is 0. The second kappa shape index (κ2) is 6.29. The number of sulfonamides is 1. The SMILES string of the molecule is CCOC(=O)c1cn[nH]c1S(=O)(=O)NCC(=O)OC. The number of ether oxygens (including phenoxy) is 2. The van der Waals surface area contributed by atoms with Crippen LogP contribution in [-0.2, 0) is 24.3 Å². The molecule has 2 N–H and O–H groups in total. The third kappa shape index (κ3) is 3.76. The van der Waals surface area contributed by atoms with Gasteiger partial charge in [-0.3, -0.25) is 9.89 Å². The van der Waals surface area contributed by atoms with Crippen molar-refractivity contribution in [2.45, 2.75) is 11.9 Å². The number of aromatic amines is 1. The fraction of sp³-hybridized carbons (Fsp3) is 0.444. The van der Waals surface area contributed by atoms with Crippen molar-refractivity contribution in [1.82, 2.24) is 14.9 Å². The van der Waals surface area contributed by atoms with Gasteiger partial charge in [-0.15, -0.1) is 0 Å². The first kappa shape index (κ1) is 15.1. The summed E-state index contributed by atoms with van der Waals surface area (Å²) in [6.45, 7) is 1.13. The average Bonchev–Trinajstić information content (AvgIpc) is 2.86. The Morgan fingerprint density at radius 3 is 2.74 bits per heavy atom. The summed E-state index contributed by atoms with van der Waals surface area (Å²) < 4.78 is 34.6. The van der Waals surface area contributed by atoms with Crippen molar-refractivity contribution in [2.24, 2.45) is 0 Å². The summed E-state index contributed by atoms with van der Waals surface area (Å²) in [5.41, 5.74) is -0.237. The Hall–Kier alpha value is -1.94. The monoisotopic (exact) mass is 291 g/mol. The van der Waals surface area contributed by atoms with Crippen molar-refractivity contribution >= 4 is 22.0 Å².